The molecule has 1 heterocycles. The van der Waals surface area contributed by atoms with E-state index in [9.17, 15) is 4.79 Å². The quantitative estimate of drug-likeness (QED) is 0.638. The summed E-state index contributed by atoms with van der Waals surface area (Å²) in [6.07, 6.45) is 3.38. The topological polar surface area (TPSA) is 60.8 Å². The second-order valence-electron chi connectivity index (χ2n) is 4.27. The van der Waals surface area contributed by atoms with Crippen LogP contribution in [-0.4, -0.2) is 40.4 Å². The molecule has 2 rings (SSSR count). The lowest BCUT2D eigenvalue weighted by molar-refractivity contribution is 0.0552. The maximum absolute atomic E-state index is 10.8. The molecule has 0 bridgehead atoms. The maximum Gasteiger partial charge on any atom is 0.407 e. The first-order chi connectivity index (χ1) is 6.17. The third-order valence-corrected chi connectivity index (χ3v) is 3.41. The molecule has 1 saturated heterocycles. The normalized spacial score (nSPS) is 30.5. The van der Waals surface area contributed by atoms with E-state index in [1.165, 1.54) is 17.7 Å². The van der Waals surface area contributed by atoms with E-state index in [2.05, 4.69) is 0 Å². The van der Waals surface area contributed by atoms with Crippen LogP contribution in [0.25, 0.3) is 0 Å². The van der Waals surface area contributed by atoms with Gasteiger partial charge in [-0.25, -0.2) is 4.79 Å². The summed E-state index contributed by atoms with van der Waals surface area (Å²) in [6.45, 7) is 0.564. The molecule has 74 valence electrons. The largest absolute Gasteiger partial charge is 0.465 e. The van der Waals surface area contributed by atoms with Crippen LogP contribution in [0.3, 0.4) is 0 Å². The number of hydrogen-bond donors (Lipinski definition) is 2. The maximum atomic E-state index is 10.8. The van der Waals surface area contributed by atoms with Crippen molar-refractivity contribution >= 4 is 6.09 Å². The molecule has 2 aliphatic rings. The number of aliphatic hydroxyl groups excluding tert-OH is 1. The predicted molar refractivity (Wildman–Crippen MR) is 46.5 cm³/mol. The minimum Gasteiger partial charge on any atom is -0.465 e. The summed E-state index contributed by atoms with van der Waals surface area (Å²) in [4.78, 5) is 12.1. The lowest BCUT2D eigenvalue weighted by Gasteiger charge is -2.37. The summed E-state index contributed by atoms with van der Waals surface area (Å²) >= 11 is 0. The van der Waals surface area contributed by atoms with Gasteiger partial charge in [0.05, 0.1) is 12.6 Å². The fourth-order valence-corrected chi connectivity index (χ4v) is 2.30. The zero-order valence-electron chi connectivity index (χ0n) is 7.57. The average Bonchev–Trinajstić information content (AvgIpc) is 2.84. The van der Waals surface area contributed by atoms with Crippen molar-refractivity contribution in [2.75, 3.05) is 13.2 Å². The van der Waals surface area contributed by atoms with E-state index < -0.39 is 6.09 Å². The van der Waals surface area contributed by atoms with Crippen molar-refractivity contribution in [3.05, 3.63) is 0 Å². The summed E-state index contributed by atoms with van der Waals surface area (Å²) in [6, 6.07) is -0.159. The van der Waals surface area contributed by atoms with Crippen molar-refractivity contribution in [3.63, 3.8) is 0 Å². The Morgan fingerprint density at radius 3 is 2.62 bits per heavy atom. The molecule has 1 saturated carbocycles. The monoisotopic (exact) mass is 185 g/mol. The SMILES string of the molecule is O=C(O)N1CCC2(CC2)C[C@H]1CO. The van der Waals surface area contributed by atoms with Crippen LogP contribution in [0.4, 0.5) is 4.79 Å². The zero-order chi connectivity index (χ0) is 9.47. The Bertz CT molecular complexity index is 225. The molecule has 2 fully saturated rings. The van der Waals surface area contributed by atoms with Gasteiger partial charge in [0, 0.05) is 6.54 Å². The minimum absolute atomic E-state index is 0.0337. The van der Waals surface area contributed by atoms with Gasteiger partial charge in [-0.15, -0.1) is 0 Å². The second-order valence-corrected chi connectivity index (χ2v) is 4.27. The Morgan fingerprint density at radius 1 is 1.46 bits per heavy atom. The number of carboxylic acid groups (broad SMARTS) is 1. The third-order valence-electron chi connectivity index (χ3n) is 3.41. The van der Waals surface area contributed by atoms with Gasteiger partial charge in [-0.05, 0) is 31.1 Å². The van der Waals surface area contributed by atoms with Crippen molar-refractivity contribution in [1.29, 1.82) is 0 Å². The third kappa shape index (κ3) is 1.50. The zero-order valence-corrected chi connectivity index (χ0v) is 7.57. The molecule has 0 unspecified atom stereocenters. The number of nitrogens with zero attached hydrogens (tertiary/aromatic N) is 1. The van der Waals surface area contributed by atoms with E-state index in [1.54, 1.807) is 0 Å². The van der Waals surface area contributed by atoms with Crippen molar-refractivity contribution < 1.29 is 15.0 Å². The molecule has 1 amide bonds. The molecule has 1 spiro atoms. The molecule has 2 N–H and O–H groups in total. The number of likely N-dealkylation sites (tertiary alicyclic amines) is 1. The van der Waals surface area contributed by atoms with Crippen molar-refractivity contribution in [3.8, 4) is 0 Å². The van der Waals surface area contributed by atoms with Gasteiger partial charge >= 0.3 is 6.09 Å². The highest BCUT2D eigenvalue weighted by Crippen LogP contribution is 2.55. The van der Waals surface area contributed by atoms with Crippen LogP contribution in [0.15, 0.2) is 0 Å². The van der Waals surface area contributed by atoms with Crippen LogP contribution in [-0.2, 0) is 0 Å². The lowest BCUT2D eigenvalue weighted by Crippen LogP contribution is -2.47. The Morgan fingerprint density at radius 2 is 2.15 bits per heavy atom. The number of piperidine rings is 1. The van der Waals surface area contributed by atoms with Gasteiger partial charge in [0.15, 0.2) is 0 Å². The van der Waals surface area contributed by atoms with Crippen LogP contribution in [0.5, 0.6) is 0 Å². The molecule has 0 aromatic rings. The van der Waals surface area contributed by atoms with Crippen molar-refractivity contribution in [2.24, 2.45) is 5.41 Å². The summed E-state index contributed by atoms with van der Waals surface area (Å²) in [5, 5.41) is 17.9. The van der Waals surface area contributed by atoms with E-state index in [1.807, 2.05) is 0 Å². The average molecular weight is 185 g/mol. The highest BCUT2D eigenvalue weighted by Gasteiger charge is 2.48. The van der Waals surface area contributed by atoms with Crippen LogP contribution in [0.1, 0.15) is 25.7 Å². The number of amides is 1. The van der Waals surface area contributed by atoms with Crippen LogP contribution >= 0.6 is 0 Å². The van der Waals surface area contributed by atoms with Crippen LogP contribution < -0.4 is 0 Å². The molecule has 1 aliphatic heterocycles. The van der Waals surface area contributed by atoms with E-state index in [0.717, 1.165) is 12.8 Å². The molecular weight excluding hydrogens is 170 g/mol. The standard InChI is InChI=1S/C9H15NO3/c11-6-7-5-9(1-2-9)3-4-10(7)8(12)13/h7,11H,1-6H2,(H,12,13)/t7-/m0/s1. The van der Waals surface area contributed by atoms with Crippen molar-refractivity contribution in [1.82, 2.24) is 4.90 Å². The lowest BCUT2D eigenvalue weighted by atomic mass is 9.88. The van der Waals surface area contributed by atoms with Gasteiger partial charge in [0.25, 0.3) is 0 Å². The van der Waals surface area contributed by atoms with Crippen LogP contribution in [0.2, 0.25) is 0 Å². The summed E-state index contributed by atoms with van der Waals surface area (Å²) in [5.41, 5.74) is 0.402. The van der Waals surface area contributed by atoms with Gasteiger partial charge in [0.2, 0.25) is 0 Å². The van der Waals surface area contributed by atoms with Gasteiger partial charge in [-0.1, -0.05) is 0 Å². The molecule has 1 atom stereocenters. The second kappa shape index (κ2) is 2.87. The molecule has 4 heteroatoms. The summed E-state index contributed by atoms with van der Waals surface area (Å²) in [5.74, 6) is 0. The van der Waals surface area contributed by atoms with Crippen LogP contribution in [0, 0.1) is 5.41 Å². The Balaban J connectivity index is 2.02. The predicted octanol–water partition coefficient (Wildman–Crippen LogP) is 0.901. The Kier molecular flexibility index (Phi) is 1.95. The van der Waals surface area contributed by atoms with E-state index in [0.29, 0.717) is 12.0 Å². The van der Waals surface area contributed by atoms with E-state index in [-0.39, 0.29) is 12.6 Å². The number of hydrogen-bond acceptors (Lipinski definition) is 2. The number of rotatable bonds is 1. The molecule has 0 aromatic heterocycles. The Hall–Kier alpha value is -0.770. The minimum atomic E-state index is -0.894. The smallest absolute Gasteiger partial charge is 0.407 e. The summed E-state index contributed by atoms with van der Waals surface area (Å²) in [7, 11) is 0. The molecule has 1 aliphatic carbocycles. The first-order valence-electron chi connectivity index (χ1n) is 4.77. The van der Waals surface area contributed by atoms with Gasteiger partial charge in [-0.3, -0.25) is 0 Å². The number of carbonyl (C=O) groups is 1. The van der Waals surface area contributed by atoms with Gasteiger partial charge in [-0.2, -0.15) is 0 Å². The molecule has 4 nitrogen and oxygen atoms in total. The van der Waals surface area contributed by atoms with E-state index in [4.69, 9.17) is 10.2 Å². The van der Waals surface area contributed by atoms with E-state index >= 15 is 0 Å². The molecule has 13 heavy (non-hydrogen) atoms. The first kappa shape index (κ1) is 8.81. The number of aliphatic hydroxyl groups is 1. The first-order valence-corrected chi connectivity index (χ1v) is 4.77. The summed E-state index contributed by atoms with van der Waals surface area (Å²) < 4.78 is 0. The molecule has 0 radical (unpaired) electrons. The van der Waals surface area contributed by atoms with Gasteiger partial charge in [0.1, 0.15) is 0 Å². The molecular formula is C9H15NO3. The fraction of sp³-hybridized carbons (Fsp3) is 0.889. The molecule has 0 aromatic carbocycles. The highest BCUT2D eigenvalue weighted by atomic mass is 16.4. The Labute approximate surface area is 77.2 Å². The fourth-order valence-electron chi connectivity index (χ4n) is 2.30. The van der Waals surface area contributed by atoms with Gasteiger partial charge < -0.3 is 15.1 Å². The highest BCUT2D eigenvalue weighted by molar-refractivity contribution is 5.65. The van der Waals surface area contributed by atoms with Crippen molar-refractivity contribution in [2.45, 2.75) is 31.7 Å².